The van der Waals surface area contributed by atoms with Crippen molar-refractivity contribution in [2.75, 3.05) is 33.9 Å². The number of nitrogens with one attached hydrogen (secondary N) is 1. The van der Waals surface area contributed by atoms with Crippen molar-refractivity contribution >= 4 is 15.9 Å². The predicted molar refractivity (Wildman–Crippen MR) is 94.4 cm³/mol. The third-order valence-corrected chi connectivity index (χ3v) is 6.55. The number of amides is 1. The number of hydrogen-bond acceptors (Lipinski definition) is 5. The zero-order valence-electron chi connectivity index (χ0n) is 15.2. The number of rotatable bonds is 6. The molecule has 1 amide bonds. The van der Waals surface area contributed by atoms with E-state index in [1.807, 2.05) is 0 Å². The second-order valence-electron chi connectivity index (χ2n) is 6.26. The van der Waals surface area contributed by atoms with Crippen LogP contribution < -0.4 is 14.8 Å². The van der Waals surface area contributed by atoms with E-state index in [-0.39, 0.29) is 10.8 Å². The second kappa shape index (κ2) is 8.05. The number of nitrogens with zero attached hydrogens (tertiary/aromatic N) is 1. The van der Waals surface area contributed by atoms with E-state index in [4.69, 9.17) is 9.47 Å². The lowest BCUT2D eigenvalue weighted by atomic mass is 9.98. The molecule has 7 nitrogen and oxygen atoms in total. The van der Waals surface area contributed by atoms with Crippen molar-refractivity contribution in [3.8, 4) is 11.5 Å². The van der Waals surface area contributed by atoms with Crippen LogP contribution in [0.15, 0.2) is 17.0 Å². The maximum Gasteiger partial charge on any atom is 0.243 e. The molecule has 1 N–H and O–H groups in total. The Labute approximate surface area is 149 Å². The van der Waals surface area contributed by atoms with Crippen LogP contribution in [0.5, 0.6) is 11.5 Å². The van der Waals surface area contributed by atoms with Gasteiger partial charge in [0.15, 0.2) is 11.5 Å². The number of ether oxygens (including phenoxy) is 2. The van der Waals surface area contributed by atoms with E-state index >= 15 is 0 Å². The summed E-state index contributed by atoms with van der Waals surface area (Å²) >= 11 is 0. The molecule has 1 fully saturated rings. The second-order valence-corrected chi connectivity index (χ2v) is 8.16. The van der Waals surface area contributed by atoms with E-state index in [0.29, 0.717) is 42.6 Å². The van der Waals surface area contributed by atoms with Crippen LogP contribution in [0.25, 0.3) is 0 Å². The molecule has 140 valence electrons. The summed E-state index contributed by atoms with van der Waals surface area (Å²) in [5.41, 5.74) is 0.623. The molecule has 25 heavy (non-hydrogen) atoms. The maximum atomic E-state index is 13.0. The summed E-state index contributed by atoms with van der Waals surface area (Å²) < 4.78 is 38.0. The molecule has 1 aromatic rings. The molecule has 0 bridgehead atoms. The summed E-state index contributed by atoms with van der Waals surface area (Å²) in [6, 6.07) is 3.20. The molecule has 1 aromatic carbocycles. The Kier molecular flexibility index (Phi) is 6.29. The quantitative estimate of drug-likeness (QED) is 0.821. The monoisotopic (exact) mass is 370 g/mol. The van der Waals surface area contributed by atoms with Crippen LogP contribution in [0.2, 0.25) is 0 Å². The van der Waals surface area contributed by atoms with Gasteiger partial charge in [0.25, 0.3) is 0 Å². The highest BCUT2D eigenvalue weighted by atomic mass is 32.2. The summed E-state index contributed by atoms with van der Waals surface area (Å²) in [6.45, 7) is 4.72. The summed E-state index contributed by atoms with van der Waals surface area (Å²) in [4.78, 5) is 11.2. The third kappa shape index (κ3) is 4.43. The van der Waals surface area contributed by atoms with Gasteiger partial charge < -0.3 is 14.8 Å². The number of hydrogen-bond donors (Lipinski definition) is 1. The normalized spacial score (nSPS) is 16.5. The van der Waals surface area contributed by atoms with Crippen molar-refractivity contribution in [1.29, 1.82) is 0 Å². The van der Waals surface area contributed by atoms with Crippen LogP contribution in [-0.4, -0.2) is 52.5 Å². The Bertz CT molecular complexity index is 725. The predicted octanol–water partition coefficient (Wildman–Crippen LogP) is 1.55. The molecule has 0 saturated carbocycles. The molecule has 0 unspecified atom stereocenters. The highest BCUT2D eigenvalue weighted by molar-refractivity contribution is 7.89. The number of carbonyl (C=O) groups excluding carboxylic acids is 1. The van der Waals surface area contributed by atoms with Crippen molar-refractivity contribution in [1.82, 2.24) is 9.62 Å². The van der Waals surface area contributed by atoms with Gasteiger partial charge in [-0.1, -0.05) is 0 Å². The largest absolute Gasteiger partial charge is 0.493 e. The lowest BCUT2D eigenvalue weighted by Crippen LogP contribution is -2.41. The first-order valence-corrected chi connectivity index (χ1v) is 9.70. The SMILES string of the molecule is COc1cc(C)c(S(=O)(=O)N2CCC(CNC(C)=O)CC2)cc1OC. The van der Waals surface area contributed by atoms with Crippen molar-refractivity contribution in [2.24, 2.45) is 5.92 Å². The van der Waals surface area contributed by atoms with Gasteiger partial charge in [-0.15, -0.1) is 0 Å². The molecule has 0 radical (unpaired) electrons. The first-order chi connectivity index (χ1) is 11.8. The fraction of sp³-hybridized carbons (Fsp3) is 0.588. The summed E-state index contributed by atoms with van der Waals surface area (Å²) in [5, 5.41) is 2.80. The molecule has 8 heteroatoms. The van der Waals surface area contributed by atoms with Crippen LogP contribution in [0.4, 0.5) is 0 Å². The van der Waals surface area contributed by atoms with Gasteiger partial charge in [0.2, 0.25) is 15.9 Å². The number of aryl methyl sites for hydroxylation is 1. The van der Waals surface area contributed by atoms with Gasteiger partial charge in [0.05, 0.1) is 19.1 Å². The van der Waals surface area contributed by atoms with Crippen molar-refractivity contribution < 1.29 is 22.7 Å². The highest BCUT2D eigenvalue weighted by Crippen LogP contribution is 2.34. The number of sulfonamides is 1. The van der Waals surface area contributed by atoms with Gasteiger partial charge in [-0.25, -0.2) is 8.42 Å². The van der Waals surface area contributed by atoms with Crippen molar-refractivity contribution in [3.05, 3.63) is 17.7 Å². The van der Waals surface area contributed by atoms with Gasteiger partial charge in [-0.2, -0.15) is 4.31 Å². The number of methoxy groups -OCH3 is 2. The van der Waals surface area contributed by atoms with Crippen LogP contribution in [-0.2, 0) is 14.8 Å². The Morgan fingerprint density at radius 1 is 1.20 bits per heavy atom. The Hall–Kier alpha value is -1.80. The standard InChI is InChI=1S/C17H26N2O5S/c1-12-9-15(23-3)16(24-4)10-17(12)25(21,22)19-7-5-14(6-8-19)11-18-13(2)20/h9-10,14H,5-8,11H2,1-4H3,(H,18,20). The summed E-state index contributed by atoms with van der Waals surface area (Å²) in [5.74, 6) is 1.15. The van der Waals surface area contributed by atoms with Crippen LogP contribution in [0, 0.1) is 12.8 Å². The van der Waals surface area contributed by atoms with Crippen LogP contribution >= 0.6 is 0 Å². The number of carbonyl (C=O) groups is 1. The average Bonchev–Trinajstić information content (AvgIpc) is 2.59. The lowest BCUT2D eigenvalue weighted by Gasteiger charge is -2.31. The summed E-state index contributed by atoms with van der Waals surface area (Å²) in [6.07, 6.45) is 1.46. The highest BCUT2D eigenvalue weighted by Gasteiger charge is 2.31. The van der Waals surface area contributed by atoms with E-state index in [0.717, 1.165) is 12.8 Å². The lowest BCUT2D eigenvalue weighted by molar-refractivity contribution is -0.119. The zero-order valence-corrected chi connectivity index (χ0v) is 16.0. The van der Waals surface area contributed by atoms with E-state index in [9.17, 15) is 13.2 Å². The first-order valence-electron chi connectivity index (χ1n) is 8.26. The Balaban J connectivity index is 2.16. The third-order valence-electron chi connectivity index (χ3n) is 4.51. The summed E-state index contributed by atoms with van der Waals surface area (Å²) in [7, 11) is -0.592. The minimum absolute atomic E-state index is 0.0593. The Morgan fingerprint density at radius 3 is 2.28 bits per heavy atom. The molecule has 0 atom stereocenters. The van der Waals surface area contributed by atoms with E-state index in [1.165, 1.54) is 31.5 Å². The maximum absolute atomic E-state index is 13.0. The van der Waals surface area contributed by atoms with Crippen LogP contribution in [0.1, 0.15) is 25.3 Å². The molecule has 1 heterocycles. The Morgan fingerprint density at radius 2 is 1.76 bits per heavy atom. The van der Waals surface area contributed by atoms with Gasteiger partial charge in [0, 0.05) is 32.6 Å². The fourth-order valence-electron chi connectivity index (χ4n) is 3.02. The zero-order chi connectivity index (χ0) is 18.6. The average molecular weight is 370 g/mol. The minimum Gasteiger partial charge on any atom is -0.493 e. The smallest absolute Gasteiger partial charge is 0.243 e. The minimum atomic E-state index is -3.59. The van der Waals surface area contributed by atoms with Crippen LogP contribution in [0.3, 0.4) is 0 Å². The molecule has 0 spiro atoms. The van der Waals surface area contributed by atoms with Gasteiger partial charge in [-0.05, 0) is 37.3 Å². The fourth-order valence-corrected chi connectivity index (χ4v) is 4.71. The van der Waals surface area contributed by atoms with E-state index < -0.39 is 10.0 Å². The first kappa shape index (κ1) is 19.5. The molecule has 0 aromatic heterocycles. The van der Waals surface area contributed by atoms with E-state index in [2.05, 4.69) is 5.32 Å². The van der Waals surface area contributed by atoms with Gasteiger partial charge in [-0.3, -0.25) is 4.79 Å². The molecule has 1 aliphatic rings. The number of piperidine rings is 1. The van der Waals surface area contributed by atoms with E-state index in [1.54, 1.807) is 13.0 Å². The molecule has 2 rings (SSSR count). The van der Waals surface area contributed by atoms with Crippen molar-refractivity contribution in [2.45, 2.75) is 31.6 Å². The van der Waals surface area contributed by atoms with Crippen molar-refractivity contribution in [3.63, 3.8) is 0 Å². The molecular weight excluding hydrogens is 344 g/mol. The molecule has 1 saturated heterocycles. The van der Waals surface area contributed by atoms with Gasteiger partial charge >= 0.3 is 0 Å². The van der Waals surface area contributed by atoms with Gasteiger partial charge in [0.1, 0.15) is 0 Å². The molecule has 1 aliphatic heterocycles. The topological polar surface area (TPSA) is 84.9 Å². The number of benzene rings is 1. The molecule has 0 aliphatic carbocycles. The molecular formula is C17H26N2O5S.